The molecule has 12 heavy (non-hydrogen) atoms. The van der Waals surface area contributed by atoms with Crippen molar-refractivity contribution in [1.29, 1.82) is 0 Å². The molecule has 0 saturated heterocycles. The Morgan fingerprint density at radius 1 is 1.17 bits per heavy atom. The molecule has 70 valence electrons. The second-order valence-electron chi connectivity index (χ2n) is 2.75. The summed E-state index contributed by atoms with van der Waals surface area (Å²) in [7, 11) is 0. The van der Waals surface area contributed by atoms with Gasteiger partial charge in [-0.1, -0.05) is 19.6 Å². The molecule has 0 aliphatic heterocycles. The third-order valence-electron chi connectivity index (χ3n) is 1.84. The Morgan fingerprint density at radius 3 is 2.08 bits per heavy atom. The van der Waals surface area contributed by atoms with Crippen LogP contribution < -0.4 is 0 Å². The van der Waals surface area contributed by atoms with Gasteiger partial charge in [0.25, 0.3) is 0 Å². The molecule has 0 bridgehead atoms. The van der Waals surface area contributed by atoms with Crippen LogP contribution in [0.4, 0.5) is 0 Å². The van der Waals surface area contributed by atoms with Crippen molar-refractivity contribution in [3.8, 4) is 0 Å². The first-order valence-electron chi connectivity index (χ1n) is 4.36. The maximum atomic E-state index is 7.33. The van der Waals surface area contributed by atoms with Crippen LogP contribution in [0.25, 0.3) is 0 Å². The lowest BCUT2D eigenvalue weighted by Crippen LogP contribution is -2.13. The Kier molecular flexibility index (Phi) is 7.55. The minimum atomic E-state index is 0.483. The first-order valence-corrected chi connectivity index (χ1v) is 4.36. The van der Waals surface area contributed by atoms with Crippen LogP contribution in [0.2, 0.25) is 0 Å². The molecule has 2 nitrogen and oxygen atoms in total. The zero-order chi connectivity index (χ0) is 9.23. The van der Waals surface area contributed by atoms with E-state index in [1.807, 2.05) is 0 Å². The van der Waals surface area contributed by atoms with E-state index in [9.17, 15) is 0 Å². The van der Waals surface area contributed by atoms with Crippen molar-refractivity contribution in [3.05, 3.63) is 25.7 Å². The van der Waals surface area contributed by atoms with Crippen LogP contribution in [0, 0.1) is 0 Å². The molecule has 1 aliphatic rings. The fraction of sp³-hybridized carbons (Fsp3) is 0.600. The van der Waals surface area contributed by atoms with E-state index >= 15 is 0 Å². The molecule has 0 aromatic carbocycles. The number of aliphatic hydroxyl groups is 1. The van der Waals surface area contributed by atoms with Gasteiger partial charge in [0.1, 0.15) is 0 Å². The Bertz CT molecular complexity index is 115. The second-order valence-corrected chi connectivity index (χ2v) is 2.75. The zero-order valence-electron chi connectivity index (χ0n) is 7.54. The van der Waals surface area contributed by atoms with Crippen LogP contribution in [-0.2, 0) is 4.74 Å². The fourth-order valence-corrected chi connectivity index (χ4v) is 1.34. The normalized spacial score (nSPS) is 17.0. The minimum Gasteiger partial charge on any atom is -0.516 e. The lowest BCUT2D eigenvalue weighted by molar-refractivity contribution is 0.107. The van der Waals surface area contributed by atoms with Crippen LogP contribution in [0.15, 0.2) is 25.7 Å². The Morgan fingerprint density at radius 2 is 1.67 bits per heavy atom. The van der Waals surface area contributed by atoms with Crippen molar-refractivity contribution in [2.24, 2.45) is 0 Å². The lowest BCUT2D eigenvalue weighted by Gasteiger charge is -2.20. The van der Waals surface area contributed by atoms with Gasteiger partial charge in [0.2, 0.25) is 0 Å². The maximum absolute atomic E-state index is 7.33. The van der Waals surface area contributed by atoms with Crippen LogP contribution in [0.1, 0.15) is 32.1 Å². The summed E-state index contributed by atoms with van der Waals surface area (Å²) >= 11 is 0. The third-order valence-corrected chi connectivity index (χ3v) is 1.84. The van der Waals surface area contributed by atoms with Crippen molar-refractivity contribution in [1.82, 2.24) is 0 Å². The van der Waals surface area contributed by atoms with Crippen LogP contribution in [0.5, 0.6) is 0 Å². The largest absolute Gasteiger partial charge is 0.516 e. The molecule has 0 amide bonds. The molecule has 0 unspecified atom stereocenters. The van der Waals surface area contributed by atoms with E-state index in [1.54, 1.807) is 6.26 Å². The summed E-state index contributed by atoms with van der Waals surface area (Å²) in [5, 5.41) is 7.33. The van der Waals surface area contributed by atoms with E-state index in [0.29, 0.717) is 6.10 Å². The molecule has 0 aromatic heterocycles. The standard InChI is InChI=1S/C8H14O.C2H4O/c1-2-9-8-6-4-3-5-7-8;1-2-3/h2,8H,1,3-7H2;2-3H,1H2. The molecule has 2 heteroatoms. The highest BCUT2D eigenvalue weighted by molar-refractivity contribution is 4.67. The van der Waals surface area contributed by atoms with Crippen molar-refractivity contribution in [2.45, 2.75) is 38.2 Å². The first kappa shape index (κ1) is 11.1. The van der Waals surface area contributed by atoms with Gasteiger partial charge in [-0.2, -0.15) is 0 Å². The summed E-state index contributed by atoms with van der Waals surface area (Å²) < 4.78 is 5.25. The minimum absolute atomic E-state index is 0.483. The molecule has 1 N–H and O–H groups in total. The van der Waals surface area contributed by atoms with E-state index in [0.717, 1.165) is 6.26 Å². The SMILES string of the molecule is C=CO.C=COC1CCCCC1. The van der Waals surface area contributed by atoms with E-state index in [1.165, 1.54) is 32.1 Å². The number of aliphatic hydroxyl groups excluding tert-OH is 1. The Hall–Kier alpha value is -0.920. The molecule has 0 atom stereocenters. The summed E-state index contributed by atoms with van der Waals surface area (Å²) in [6, 6.07) is 0. The predicted octanol–water partition coefficient (Wildman–Crippen LogP) is 3.17. The zero-order valence-corrected chi connectivity index (χ0v) is 7.54. The van der Waals surface area contributed by atoms with Crippen molar-refractivity contribution >= 4 is 0 Å². The van der Waals surface area contributed by atoms with Gasteiger partial charge in [0.15, 0.2) is 0 Å². The molecule has 0 spiro atoms. The topological polar surface area (TPSA) is 29.5 Å². The average molecular weight is 170 g/mol. The number of hydrogen-bond donors (Lipinski definition) is 1. The lowest BCUT2D eigenvalue weighted by atomic mass is 9.98. The summed E-state index contributed by atoms with van der Waals surface area (Å²) in [4.78, 5) is 0. The van der Waals surface area contributed by atoms with Gasteiger partial charge in [-0.25, -0.2) is 0 Å². The Labute approximate surface area is 74.6 Å². The molecule has 1 rings (SSSR count). The first-order chi connectivity index (χ1) is 5.85. The molecular formula is C10H18O2. The van der Waals surface area contributed by atoms with Crippen molar-refractivity contribution in [3.63, 3.8) is 0 Å². The number of ether oxygens (including phenoxy) is 1. The molecule has 0 heterocycles. The maximum Gasteiger partial charge on any atom is 0.0978 e. The van der Waals surface area contributed by atoms with Crippen molar-refractivity contribution in [2.75, 3.05) is 0 Å². The summed E-state index contributed by atoms with van der Waals surface area (Å²) in [5.74, 6) is 0. The van der Waals surface area contributed by atoms with E-state index < -0.39 is 0 Å². The smallest absolute Gasteiger partial charge is 0.0978 e. The molecule has 1 aliphatic carbocycles. The average Bonchev–Trinajstić information content (AvgIpc) is 2.08. The van der Waals surface area contributed by atoms with Gasteiger partial charge in [-0.3, -0.25) is 0 Å². The monoisotopic (exact) mass is 170 g/mol. The molecular weight excluding hydrogens is 152 g/mol. The van der Waals surface area contributed by atoms with Gasteiger partial charge in [0.05, 0.1) is 18.6 Å². The highest BCUT2D eigenvalue weighted by atomic mass is 16.5. The van der Waals surface area contributed by atoms with Crippen LogP contribution in [0.3, 0.4) is 0 Å². The molecule has 1 saturated carbocycles. The third kappa shape index (κ3) is 5.83. The quantitative estimate of drug-likeness (QED) is 0.645. The number of hydrogen-bond acceptors (Lipinski definition) is 2. The van der Waals surface area contributed by atoms with Gasteiger partial charge >= 0.3 is 0 Å². The predicted molar refractivity (Wildman–Crippen MR) is 51.0 cm³/mol. The fourth-order valence-electron chi connectivity index (χ4n) is 1.34. The van der Waals surface area contributed by atoms with Gasteiger partial charge < -0.3 is 9.84 Å². The number of rotatable bonds is 2. The van der Waals surface area contributed by atoms with E-state index in [4.69, 9.17) is 9.84 Å². The van der Waals surface area contributed by atoms with Gasteiger partial charge in [0, 0.05) is 0 Å². The van der Waals surface area contributed by atoms with Gasteiger partial charge in [-0.15, -0.1) is 0 Å². The Balaban J connectivity index is 0.000000354. The summed E-state index contributed by atoms with van der Waals surface area (Å²) in [5.41, 5.74) is 0. The van der Waals surface area contributed by atoms with Crippen LogP contribution >= 0.6 is 0 Å². The van der Waals surface area contributed by atoms with Crippen molar-refractivity contribution < 1.29 is 9.84 Å². The van der Waals surface area contributed by atoms with E-state index in [-0.39, 0.29) is 0 Å². The second kappa shape index (κ2) is 8.18. The molecule has 0 aromatic rings. The van der Waals surface area contributed by atoms with Gasteiger partial charge in [-0.05, 0) is 25.7 Å². The highest BCUT2D eigenvalue weighted by Crippen LogP contribution is 2.19. The van der Waals surface area contributed by atoms with Crippen LogP contribution in [-0.4, -0.2) is 11.2 Å². The van der Waals surface area contributed by atoms with E-state index in [2.05, 4.69) is 13.2 Å². The molecule has 1 fully saturated rings. The highest BCUT2D eigenvalue weighted by Gasteiger charge is 2.11. The summed E-state index contributed by atoms with van der Waals surface area (Å²) in [6.45, 7) is 6.45. The molecule has 0 radical (unpaired) electrons. The summed E-state index contributed by atoms with van der Waals surface area (Å²) in [6.07, 6.45) is 9.30.